The van der Waals surface area contributed by atoms with E-state index in [9.17, 15) is 14.4 Å². The molecule has 7 heteroatoms. The summed E-state index contributed by atoms with van der Waals surface area (Å²) in [5, 5.41) is 6.33. The Kier molecular flexibility index (Phi) is 8.39. The number of unbranched alkanes of at least 4 members (excludes halogenated alkanes) is 1. The molecule has 4 rings (SSSR count). The number of anilines is 1. The van der Waals surface area contributed by atoms with Crippen LogP contribution >= 0.6 is 0 Å². The summed E-state index contributed by atoms with van der Waals surface area (Å²) < 4.78 is 0. The van der Waals surface area contributed by atoms with Crippen LogP contribution in [0.5, 0.6) is 0 Å². The third kappa shape index (κ3) is 5.32. The Bertz CT molecular complexity index is 1030. The van der Waals surface area contributed by atoms with Gasteiger partial charge < -0.3 is 16.4 Å². The van der Waals surface area contributed by atoms with Gasteiger partial charge in [-0.3, -0.25) is 19.4 Å². The minimum absolute atomic E-state index is 0.107. The predicted molar refractivity (Wildman–Crippen MR) is 147 cm³/mol. The van der Waals surface area contributed by atoms with Gasteiger partial charge in [0.1, 0.15) is 0 Å². The lowest BCUT2D eigenvalue weighted by Gasteiger charge is -2.42. The molecule has 3 aliphatic rings. The second kappa shape index (κ2) is 11.4. The highest BCUT2D eigenvalue weighted by molar-refractivity contribution is 6.07. The Labute approximate surface area is 221 Å². The van der Waals surface area contributed by atoms with Gasteiger partial charge in [-0.05, 0) is 50.0 Å². The van der Waals surface area contributed by atoms with Crippen molar-refractivity contribution in [3.8, 4) is 0 Å². The van der Waals surface area contributed by atoms with Gasteiger partial charge in [0.15, 0.2) is 0 Å². The molecule has 4 unspecified atom stereocenters. The summed E-state index contributed by atoms with van der Waals surface area (Å²) in [6.45, 7) is 6.28. The molecule has 37 heavy (non-hydrogen) atoms. The molecule has 1 aromatic rings. The normalized spacial score (nSPS) is 27.4. The number of hydrogen-bond donors (Lipinski definition) is 3. The maximum atomic E-state index is 14.4. The second-order valence-corrected chi connectivity index (χ2v) is 11.9. The lowest BCUT2D eigenvalue weighted by Crippen LogP contribution is -2.64. The average molecular weight is 509 g/mol. The van der Waals surface area contributed by atoms with Gasteiger partial charge in [-0.1, -0.05) is 77.5 Å². The van der Waals surface area contributed by atoms with Crippen LogP contribution < -0.4 is 16.4 Å². The molecule has 0 bridgehead atoms. The summed E-state index contributed by atoms with van der Waals surface area (Å²) in [5.41, 5.74) is 5.13. The largest absolute Gasteiger partial charge is 0.369 e. The Hall–Kier alpha value is -2.70. The van der Waals surface area contributed by atoms with Gasteiger partial charge in [-0.2, -0.15) is 0 Å². The van der Waals surface area contributed by atoms with Crippen LogP contribution in [0.15, 0.2) is 29.3 Å². The van der Waals surface area contributed by atoms with Crippen molar-refractivity contribution in [1.82, 2.24) is 5.32 Å². The number of nitrogens with two attached hydrogens (primary N) is 1. The quantitative estimate of drug-likeness (QED) is 0.404. The number of benzodiazepines with no additional fused rings is 1. The van der Waals surface area contributed by atoms with Crippen molar-refractivity contribution in [1.29, 1.82) is 0 Å². The molecular weight excluding hydrogens is 464 g/mol. The molecule has 4 N–H and O–H groups in total. The summed E-state index contributed by atoms with van der Waals surface area (Å²) in [6, 6.07) is 7.59. The molecule has 2 aliphatic carbocycles. The molecule has 0 spiro atoms. The Morgan fingerprint density at radius 3 is 2.57 bits per heavy atom. The molecule has 3 amide bonds. The second-order valence-electron chi connectivity index (χ2n) is 11.9. The number of nitrogens with one attached hydrogen (secondary N) is 2. The first-order valence-corrected chi connectivity index (χ1v) is 14.3. The highest BCUT2D eigenvalue weighted by Gasteiger charge is 2.57. The van der Waals surface area contributed by atoms with E-state index < -0.39 is 22.9 Å². The van der Waals surface area contributed by atoms with E-state index in [2.05, 4.69) is 31.4 Å². The van der Waals surface area contributed by atoms with Crippen LogP contribution in [-0.2, 0) is 14.4 Å². The van der Waals surface area contributed by atoms with E-state index >= 15 is 0 Å². The number of benzene rings is 1. The highest BCUT2D eigenvalue weighted by Crippen LogP contribution is 2.49. The van der Waals surface area contributed by atoms with Gasteiger partial charge in [0.2, 0.25) is 17.5 Å². The molecule has 0 radical (unpaired) electrons. The van der Waals surface area contributed by atoms with Gasteiger partial charge in [0.05, 0.1) is 11.3 Å². The van der Waals surface area contributed by atoms with Crippen molar-refractivity contribution in [3.05, 3.63) is 29.8 Å². The van der Waals surface area contributed by atoms with E-state index in [1.54, 1.807) is 6.21 Å². The van der Waals surface area contributed by atoms with Crippen molar-refractivity contribution in [2.45, 2.75) is 97.1 Å². The predicted octanol–water partition coefficient (Wildman–Crippen LogP) is 5.18. The monoisotopic (exact) mass is 508 g/mol. The molecule has 1 aliphatic heterocycles. The average Bonchev–Trinajstić information content (AvgIpc) is 3.52. The molecule has 0 aromatic heterocycles. The minimum Gasteiger partial charge on any atom is -0.369 e. The molecule has 2 fully saturated rings. The van der Waals surface area contributed by atoms with Crippen molar-refractivity contribution in [3.63, 3.8) is 0 Å². The number of primary amides is 1. The lowest BCUT2D eigenvalue weighted by molar-refractivity contribution is -0.146. The van der Waals surface area contributed by atoms with Crippen molar-refractivity contribution >= 4 is 29.6 Å². The number of carbonyl (C=O) groups excluding carboxylic acids is 3. The van der Waals surface area contributed by atoms with E-state index in [1.807, 2.05) is 24.3 Å². The van der Waals surface area contributed by atoms with E-state index in [4.69, 9.17) is 10.7 Å². The van der Waals surface area contributed by atoms with Crippen LogP contribution in [-0.4, -0.2) is 29.6 Å². The number of carbonyl (C=O) groups is 3. The lowest BCUT2D eigenvalue weighted by atomic mass is 9.68. The SMILES string of the molecule is CCCCC1CCCC1C1(NC(=O)C2(C(CC(C)C)C(N)=O)CCCC2)N=Cc2ccccc2NC1=O. The number of para-hydroxylation sites is 1. The molecule has 7 nitrogen and oxygen atoms in total. The summed E-state index contributed by atoms with van der Waals surface area (Å²) in [4.78, 5) is 46.2. The van der Waals surface area contributed by atoms with Crippen LogP contribution in [0, 0.1) is 29.1 Å². The summed E-state index contributed by atoms with van der Waals surface area (Å²) >= 11 is 0. The minimum atomic E-state index is -1.42. The van der Waals surface area contributed by atoms with Crippen LogP contribution in [0.1, 0.15) is 97.0 Å². The number of fused-ring (bicyclic) bond motifs is 1. The van der Waals surface area contributed by atoms with E-state index in [-0.39, 0.29) is 23.7 Å². The number of nitrogens with zero attached hydrogens (tertiary/aromatic N) is 1. The third-order valence-electron chi connectivity index (χ3n) is 9.06. The molecule has 0 saturated heterocycles. The maximum Gasteiger partial charge on any atom is 0.273 e. The smallest absolute Gasteiger partial charge is 0.273 e. The fraction of sp³-hybridized carbons (Fsp3) is 0.667. The summed E-state index contributed by atoms with van der Waals surface area (Å²) in [5.74, 6) is -1.12. The van der Waals surface area contributed by atoms with Crippen LogP contribution in [0.25, 0.3) is 0 Å². The Morgan fingerprint density at radius 2 is 1.89 bits per heavy atom. The van der Waals surface area contributed by atoms with Crippen molar-refractivity contribution in [2.24, 2.45) is 39.8 Å². The zero-order valence-electron chi connectivity index (χ0n) is 22.7. The highest BCUT2D eigenvalue weighted by atomic mass is 16.2. The molecule has 2 saturated carbocycles. The zero-order valence-corrected chi connectivity index (χ0v) is 22.7. The number of hydrogen-bond acceptors (Lipinski definition) is 4. The van der Waals surface area contributed by atoms with E-state index in [0.717, 1.165) is 56.9 Å². The Balaban J connectivity index is 1.76. The summed E-state index contributed by atoms with van der Waals surface area (Å²) in [6.07, 6.45) is 11.3. The van der Waals surface area contributed by atoms with E-state index in [0.29, 0.717) is 30.9 Å². The van der Waals surface area contributed by atoms with Gasteiger partial charge in [0.25, 0.3) is 5.91 Å². The summed E-state index contributed by atoms with van der Waals surface area (Å²) in [7, 11) is 0. The fourth-order valence-electron chi connectivity index (χ4n) is 7.14. The number of aliphatic imine (C=N–C) groups is 1. The standard InChI is InChI=1S/C30H44N4O3/c1-4-5-11-21-13-10-14-23(21)30(28(37)33-25-15-7-6-12-22(25)19-32-30)34-27(36)29(16-8-9-17-29)24(26(31)35)18-20(2)3/h6-7,12,15,19-21,23-24H,4-5,8-11,13-14,16-18H2,1-3H3,(H2,31,35)(H,33,37)(H,34,36). The third-order valence-corrected chi connectivity index (χ3v) is 9.06. The Morgan fingerprint density at radius 1 is 1.16 bits per heavy atom. The molecule has 202 valence electrons. The van der Waals surface area contributed by atoms with Crippen LogP contribution in [0.3, 0.4) is 0 Å². The molecular formula is C30H44N4O3. The van der Waals surface area contributed by atoms with Gasteiger partial charge in [-0.15, -0.1) is 0 Å². The van der Waals surface area contributed by atoms with Crippen LogP contribution in [0.4, 0.5) is 5.69 Å². The van der Waals surface area contributed by atoms with Crippen LogP contribution in [0.2, 0.25) is 0 Å². The molecule has 1 heterocycles. The topological polar surface area (TPSA) is 114 Å². The first-order valence-electron chi connectivity index (χ1n) is 14.3. The van der Waals surface area contributed by atoms with Crippen molar-refractivity contribution < 1.29 is 14.4 Å². The van der Waals surface area contributed by atoms with Gasteiger partial charge in [0, 0.05) is 23.4 Å². The molecule has 4 atom stereocenters. The zero-order chi connectivity index (χ0) is 26.6. The number of rotatable bonds is 10. The van der Waals surface area contributed by atoms with Crippen molar-refractivity contribution in [2.75, 3.05) is 5.32 Å². The molecule has 1 aromatic carbocycles. The number of amides is 3. The first-order chi connectivity index (χ1) is 17.7. The fourth-order valence-corrected chi connectivity index (χ4v) is 7.14. The maximum absolute atomic E-state index is 14.4. The van der Waals surface area contributed by atoms with Gasteiger partial charge >= 0.3 is 0 Å². The van der Waals surface area contributed by atoms with Gasteiger partial charge in [-0.25, -0.2) is 0 Å². The first kappa shape index (κ1) is 27.3. The van der Waals surface area contributed by atoms with E-state index in [1.165, 1.54) is 0 Å².